The number of benzene rings is 2. The standard InChI is InChI=1S/C26H28N4O4/c1-5-34-24(32)21-14-22-23(31)30(20-12-11-17(2)18(3)13-20)26(4,16-29(22)28-21)25(33)27-15-19-9-7-6-8-10-19/h6-14H,5,15-16H2,1-4H3,(H,27,33)/t26-/m1/s1. The van der Waals surface area contributed by atoms with Crippen molar-refractivity contribution < 1.29 is 19.1 Å². The van der Waals surface area contributed by atoms with Gasteiger partial charge in [0.1, 0.15) is 11.2 Å². The summed E-state index contributed by atoms with van der Waals surface area (Å²) in [6, 6.07) is 16.7. The van der Waals surface area contributed by atoms with Crippen LogP contribution in [0.2, 0.25) is 0 Å². The molecule has 0 saturated carbocycles. The maximum atomic E-state index is 13.7. The molecule has 1 atom stereocenters. The number of carbonyl (C=O) groups is 3. The number of aromatic nitrogens is 2. The lowest BCUT2D eigenvalue weighted by Gasteiger charge is -2.43. The molecule has 34 heavy (non-hydrogen) atoms. The van der Waals surface area contributed by atoms with Crippen LogP contribution in [-0.4, -0.2) is 39.7 Å². The van der Waals surface area contributed by atoms with Gasteiger partial charge >= 0.3 is 5.97 Å². The van der Waals surface area contributed by atoms with Gasteiger partial charge in [0.2, 0.25) is 5.91 Å². The molecule has 0 fully saturated rings. The number of ether oxygens (including phenoxy) is 1. The monoisotopic (exact) mass is 460 g/mol. The molecule has 8 heteroatoms. The van der Waals surface area contributed by atoms with Gasteiger partial charge in [0.15, 0.2) is 5.69 Å². The third-order valence-electron chi connectivity index (χ3n) is 6.17. The van der Waals surface area contributed by atoms with Crippen LogP contribution in [-0.2, 0) is 22.6 Å². The molecule has 1 aromatic heterocycles. The fourth-order valence-electron chi connectivity index (χ4n) is 4.12. The fraction of sp³-hybridized carbons (Fsp3) is 0.308. The number of anilines is 1. The molecule has 1 N–H and O–H groups in total. The summed E-state index contributed by atoms with van der Waals surface area (Å²) in [5.74, 6) is -1.33. The van der Waals surface area contributed by atoms with E-state index in [2.05, 4.69) is 10.4 Å². The highest BCUT2D eigenvalue weighted by Crippen LogP contribution is 2.34. The van der Waals surface area contributed by atoms with Gasteiger partial charge in [0.05, 0.1) is 13.2 Å². The lowest BCUT2D eigenvalue weighted by atomic mass is 9.93. The molecule has 0 radical (unpaired) electrons. The molecule has 3 aromatic rings. The quantitative estimate of drug-likeness (QED) is 0.569. The number of carbonyl (C=O) groups excluding carboxylic acids is 3. The molecule has 4 rings (SSSR count). The Labute approximate surface area is 198 Å². The van der Waals surface area contributed by atoms with Crippen LogP contribution in [0.4, 0.5) is 5.69 Å². The van der Waals surface area contributed by atoms with Crippen LogP contribution in [0.15, 0.2) is 54.6 Å². The van der Waals surface area contributed by atoms with E-state index in [1.807, 2.05) is 62.4 Å². The molecule has 2 amide bonds. The normalized spacial score (nSPS) is 17.3. The van der Waals surface area contributed by atoms with Crippen molar-refractivity contribution in [2.75, 3.05) is 11.5 Å². The molecule has 2 aromatic carbocycles. The van der Waals surface area contributed by atoms with Gasteiger partial charge in [-0.25, -0.2) is 4.79 Å². The lowest BCUT2D eigenvalue weighted by Crippen LogP contribution is -2.64. The first kappa shape index (κ1) is 23.2. The Bertz CT molecular complexity index is 1250. The van der Waals surface area contributed by atoms with E-state index in [-0.39, 0.29) is 30.4 Å². The summed E-state index contributed by atoms with van der Waals surface area (Å²) in [4.78, 5) is 41.1. The van der Waals surface area contributed by atoms with Crippen LogP contribution in [0.5, 0.6) is 0 Å². The second-order valence-electron chi connectivity index (χ2n) is 8.64. The number of fused-ring (bicyclic) bond motifs is 1. The third-order valence-corrected chi connectivity index (χ3v) is 6.17. The summed E-state index contributed by atoms with van der Waals surface area (Å²) in [6.07, 6.45) is 0. The topological polar surface area (TPSA) is 93.5 Å². The minimum absolute atomic E-state index is 0.0409. The molecule has 0 aliphatic carbocycles. The van der Waals surface area contributed by atoms with E-state index in [1.165, 1.54) is 15.6 Å². The van der Waals surface area contributed by atoms with Crippen molar-refractivity contribution >= 4 is 23.5 Å². The number of amides is 2. The van der Waals surface area contributed by atoms with E-state index in [4.69, 9.17) is 4.74 Å². The van der Waals surface area contributed by atoms with Crippen LogP contribution in [0.1, 0.15) is 51.5 Å². The maximum Gasteiger partial charge on any atom is 0.358 e. The van der Waals surface area contributed by atoms with Crippen molar-refractivity contribution in [2.45, 2.75) is 46.3 Å². The minimum atomic E-state index is -1.28. The highest BCUT2D eigenvalue weighted by atomic mass is 16.5. The molecule has 0 unspecified atom stereocenters. The summed E-state index contributed by atoms with van der Waals surface area (Å²) >= 11 is 0. The Morgan fingerprint density at radius 1 is 1.09 bits per heavy atom. The number of hydrogen-bond donors (Lipinski definition) is 1. The number of esters is 1. The fourth-order valence-corrected chi connectivity index (χ4v) is 4.12. The van der Waals surface area contributed by atoms with E-state index < -0.39 is 17.4 Å². The average molecular weight is 461 g/mol. The first-order valence-corrected chi connectivity index (χ1v) is 11.2. The van der Waals surface area contributed by atoms with Crippen molar-refractivity contribution in [1.29, 1.82) is 0 Å². The Kier molecular flexibility index (Phi) is 6.24. The number of rotatable bonds is 6. The molecule has 0 bridgehead atoms. The molecule has 1 aliphatic rings. The summed E-state index contributed by atoms with van der Waals surface area (Å²) in [5, 5.41) is 7.26. The zero-order valence-electron chi connectivity index (χ0n) is 19.8. The molecular weight excluding hydrogens is 432 g/mol. The predicted molar refractivity (Wildman–Crippen MR) is 128 cm³/mol. The molecule has 8 nitrogen and oxygen atoms in total. The molecule has 176 valence electrons. The molecule has 2 heterocycles. The van der Waals surface area contributed by atoms with E-state index in [0.29, 0.717) is 12.2 Å². The van der Waals surface area contributed by atoms with E-state index in [1.54, 1.807) is 13.8 Å². The van der Waals surface area contributed by atoms with Crippen molar-refractivity contribution in [3.8, 4) is 0 Å². The molecular formula is C26H28N4O4. The molecule has 0 saturated heterocycles. The Hall–Kier alpha value is -3.94. The average Bonchev–Trinajstić information content (AvgIpc) is 3.25. The van der Waals surface area contributed by atoms with Crippen LogP contribution in [0.3, 0.4) is 0 Å². The van der Waals surface area contributed by atoms with Gasteiger partial charge in [0.25, 0.3) is 5.91 Å². The highest BCUT2D eigenvalue weighted by Gasteiger charge is 2.49. The van der Waals surface area contributed by atoms with E-state index in [9.17, 15) is 14.4 Å². The Morgan fingerprint density at radius 2 is 1.82 bits per heavy atom. The summed E-state index contributed by atoms with van der Waals surface area (Å²) in [5.41, 5.74) is 2.63. The Morgan fingerprint density at radius 3 is 2.50 bits per heavy atom. The third kappa shape index (κ3) is 4.19. The first-order chi connectivity index (χ1) is 16.2. The van der Waals surface area contributed by atoms with Crippen LogP contribution in [0.25, 0.3) is 0 Å². The van der Waals surface area contributed by atoms with Gasteiger partial charge in [-0.3, -0.25) is 19.2 Å². The molecule has 0 spiro atoms. The van der Waals surface area contributed by atoms with Gasteiger partial charge in [-0.1, -0.05) is 36.4 Å². The second-order valence-corrected chi connectivity index (χ2v) is 8.64. The van der Waals surface area contributed by atoms with Gasteiger partial charge < -0.3 is 10.1 Å². The zero-order valence-corrected chi connectivity index (χ0v) is 19.8. The smallest absolute Gasteiger partial charge is 0.358 e. The van der Waals surface area contributed by atoms with Crippen LogP contribution >= 0.6 is 0 Å². The highest BCUT2D eigenvalue weighted by molar-refractivity contribution is 6.12. The maximum absolute atomic E-state index is 13.7. The first-order valence-electron chi connectivity index (χ1n) is 11.2. The Balaban J connectivity index is 1.75. The van der Waals surface area contributed by atoms with Crippen molar-refractivity contribution in [2.24, 2.45) is 0 Å². The zero-order chi connectivity index (χ0) is 24.5. The van der Waals surface area contributed by atoms with Gasteiger partial charge in [-0.15, -0.1) is 0 Å². The minimum Gasteiger partial charge on any atom is -0.461 e. The number of nitrogens with zero attached hydrogens (tertiary/aromatic N) is 3. The summed E-state index contributed by atoms with van der Waals surface area (Å²) < 4.78 is 6.47. The number of nitrogens with one attached hydrogen (secondary N) is 1. The SMILES string of the molecule is CCOC(=O)c1cc2n(n1)C[C@](C)(C(=O)NCc1ccccc1)N(c1ccc(C)c(C)c1)C2=O. The van der Waals surface area contributed by atoms with E-state index >= 15 is 0 Å². The van der Waals surface area contributed by atoms with Crippen LogP contribution in [0, 0.1) is 13.8 Å². The number of hydrogen-bond acceptors (Lipinski definition) is 5. The van der Waals surface area contributed by atoms with E-state index in [0.717, 1.165) is 16.7 Å². The van der Waals surface area contributed by atoms with Crippen molar-refractivity contribution in [1.82, 2.24) is 15.1 Å². The largest absolute Gasteiger partial charge is 0.461 e. The van der Waals surface area contributed by atoms with Crippen LogP contribution < -0.4 is 10.2 Å². The lowest BCUT2D eigenvalue weighted by molar-refractivity contribution is -0.126. The molecule has 1 aliphatic heterocycles. The van der Waals surface area contributed by atoms with Gasteiger partial charge in [0, 0.05) is 18.3 Å². The van der Waals surface area contributed by atoms with Gasteiger partial charge in [-0.05, 0) is 56.5 Å². The second kappa shape index (κ2) is 9.13. The van der Waals surface area contributed by atoms with Gasteiger partial charge in [-0.2, -0.15) is 5.10 Å². The van der Waals surface area contributed by atoms with Crippen molar-refractivity contribution in [3.05, 3.63) is 82.7 Å². The van der Waals surface area contributed by atoms with Crippen molar-refractivity contribution in [3.63, 3.8) is 0 Å². The summed E-state index contributed by atoms with van der Waals surface area (Å²) in [7, 11) is 0. The number of aryl methyl sites for hydroxylation is 2. The predicted octanol–water partition coefficient (Wildman–Crippen LogP) is 3.41. The summed E-state index contributed by atoms with van der Waals surface area (Å²) in [6.45, 7) is 7.98.